The van der Waals surface area contributed by atoms with Crippen LogP contribution in [-0.4, -0.2) is 4.57 Å². The normalized spacial score (nSPS) is 11.1. The monoisotopic (exact) mass is 267 g/mol. The van der Waals surface area contributed by atoms with Crippen molar-refractivity contribution < 1.29 is 4.39 Å². The molecule has 0 aliphatic rings. The molecular weight excluding hydrogens is 249 g/mol. The van der Waals surface area contributed by atoms with Gasteiger partial charge in [-0.25, -0.2) is 4.39 Å². The summed E-state index contributed by atoms with van der Waals surface area (Å²) in [5.74, 6) is -0.165. The number of hydrogen-bond donors (Lipinski definition) is 0. The first-order valence-corrected chi connectivity index (χ1v) is 7.11. The lowest BCUT2D eigenvalue weighted by molar-refractivity contribution is 0.615. The van der Waals surface area contributed by atoms with E-state index in [1.54, 1.807) is 6.07 Å². The van der Waals surface area contributed by atoms with Crippen molar-refractivity contribution in [3.8, 4) is 0 Å². The first-order chi connectivity index (χ1) is 9.83. The second-order valence-electron chi connectivity index (χ2n) is 5.15. The Bertz CT molecular complexity index is 685. The Hall–Kier alpha value is -2.09. The smallest absolute Gasteiger partial charge is 0.125 e. The summed E-state index contributed by atoms with van der Waals surface area (Å²) in [7, 11) is 0. The van der Waals surface area contributed by atoms with Gasteiger partial charge in [0.25, 0.3) is 0 Å². The van der Waals surface area contributed by atoms with Gasteiger partial charge in [-0.05, 0) is 54.5 Å². The molecule has 2 heteroatoms. The average Bonchev–Trinajstić information content (AvgIpc) is 2.87. The molecule has 0 aliphatic carbocycles. The van der Waals surface area contributed by atoms with Crippen molar-refractivity contribution >= 4 is 10.9 Å². The Morgan fingerprint density at radius 1 is 0.900 bits per heavy atom. The fourth-order valence-electron chi connectivity index (χ4n) is 2.61. The number of halogens is 1. The van der Waals surface area contributed by atoms with Gasteiger partial charge in [-0.3, -0.25) is 0 Å². The van der Waals surface area contributed by atoms with Gasteiger partial charge in [0, 0.05) is 12.7 Å². The molecule has 0 N–H and O–H groups in total. The van der Waals surface area contributed by atoms with Gasteiger partial charge in [-0.2, -0.15) is 0 Å². The van der Waals surface area contributed by atoms with Crippen LogP contribution in [0.4, 0.5) is 4.39 Å². The Labute approximate surface area is 118 Å². The molecule has 0 fully saturated rings. The van der Waals surface area contributed by atoms with Crippen molar-refractivity contribution in [3.05, 3.63) is 72.2 Å². The minimum atomic E-state index is -0.165. The topological polar surface area (TPSA) is 4.93 Å². The van der Waals surface area contributed by atoms with E-state index in [-0.39, 0.29) is 5.82 Å². The quantitative estimate of drug-likeness (QED) is 0.585. The van der Waals surface area contributed by atoms with Gasteiger partial charge in [0.15, 0.2) is 0 Å². The molecule has 3 aromatic rings. The minimum Gasteiger partial charge on any atom is -0.347 e. The summed E-state index contributed by atoms with van der Waals surface area (Å²) in [6.07, 6.45) is 5.41. The third-order valence-electron chi connectivity index (χ3n) is 3.69. The van der Waals surface area contributed by atoms with E-state index in [1.807, 2.05) is 24.4 Å². The van der Waals surface area contributed by atoms with Gasteiger partial charge in [0.1, 0.15) is 5.82 Å². The molecule has 1 heterocycles. The van der Waals surface area contributed by atoms with Crippen LogP contribution in [0.3, 0.4) is 0 Å². The van der Waals surface area contributed by atoms with Crippen LogP contribution in [0.1, 0.15) is 18.4 Å². The van der Waals surface area contributed by atoms with Crippen LogP contribution in [0, 0.1) is 5.82 Å². The molecule has 3 rings (SSSR count). The Balaban J connectivity index is 1.59. The molecule has 2 aromatic carbocycles. The number of nitrogens with zero attached hydrogens (tertiary/aromatic N) is 1. The molecule has 0 amide bonds. The Morgan fingerprint density at radius 3 is 2.60 bits per heavy atom. The first kappa shape index (κ1) is 12.9. The molecule has 1 aromatic heterocycles. The van der Waals surface area contributed by atoms with Crippen LogP contribution in [-0.2, 0) is 13.0 Å². The lowest BCUT2D eigenvalue weighted by atomic mass is 10.1. The largest absolute Gasteiger partial charge is 0.347 e. The maximum absolute atomic E-state index is 13.3. The highest BCUT2D eigenvalue weighted by Crippen LogP contribution is 2.18. The molecule has 102 valence electrons. The summed E-state index contributed by atoms with van der Waals surface area (Å²) in [6, 6.07) is 17.6. The summed E-state index contributed by atoms with van der Waals surface area (Å²) in [5.41, 5.74) is 2.38. The van der Waals surface area contributed by atoms with Crippen molar-refractivity contribution in [2.24, 2.45) is 0 Å². The van der Waals surface area contributed by atoms with Gasteiger partial charge >= 0.3 is 0 Å². The molecule has 0 radical (unpaired) electrons. The molecule has 0 spiro atoms. The maximum atomic E-state index is 13.3. The van der Waals surface area contributed by atoms with Crippen LogP contribution in [0.5, 0.6) is 0 Å². The average molecular weight is 267 g/mol. The number of fused-ring (bicyclic) bond motifs is 1. The highest BCUT2D eigenvalue weighted by atomic mass is 19.1. The van der Waals surface area contributed by atoms with Gasteiger partial charge in [-0.1, -0.05) is 30.3 Å². The summed E-state index contributed by atoms with van der Waals surface area (Å²) < 4.78 is 15.4. The molecule has 0 atom stereocenters. The van der Waals surface area contributed by atoms with E-state index in [1.165, 1.54) is 11.6 Å². The Morgan fingerprint density at radius 2 is 1.75 bits per heavy atom. The summed E-state index contributed by atoms with van der Waals surface area (Å²) in [6.45, 7) is 0.944. The Kier molecular flexibility index (Phi) is 3.82. The predicted octanol–water partition coefficient (Wildman–Crippen LogP) is 4.80. The number of rotatable bonds is 5. The van der Waals surface area contributed by atoms with Gasteiger partial charge < -0.3 is 4.57 Å². The highest BCUT2D eigenvalue weighted by molar-refractivity contribution is 5.80. The number of benzene rings is 2. The molecular formula is C18H18FN. The summed E-state index contributed by atoms with van der Waals surface area (Å²) >= 11 is 0. The van der Waals surface area contributed by atoms with Gasteiger partial charge in [0.2, 0.25) is 0 Å². The van der Waals surface area contributed by atoms with Crippen molar-refractivity contribution in [2.75, 3.05) is 0 Å². The third kappa shape index (κ3) is 2.90. The van der Waals surface area contributed by atoms with Crippen LogP contribution < -0.4 is 0 Å². The summed E-state index contributed by atoms with van der Waals surface area (Å²) in [4.78, 5) is 0. The van der Waals surface area contributed by atoms with Crippen molar-refractivity contribution in [1.29, 1.82) is 0 Å². The zero-order valence-electron chi connectivity index (χ0n) is 11.4. The fraction of sp³-hybridized carbons (Fsp3) is 0.222. The van der Waals surface area contributed by atoms with E-state index >= 15 is 0 Å². The van der Waals surface area contributed by atoms with Crippen LogP contribution in [0.2, 0.25) is 0 Å². The van der Waals surface area contributed by atoms with E-state index in [4.69, 9.17) is 0 Å². The lowest BCUT2D eigenvalue weighted by Crippen LogP contribution is -1.97. The SMILES string of the molecule is Fc1ccc2ccn(CCCCc3ccccc3)c2c1. The zero-order valence-corrected chi connectivity index (χ0v) is 11.4. The third-order valence-corrected chi connectivity index (χ3v) is 3.69. The number of hydrogen-bond acceptors (Lipinski definition) is 0. The predicted molar refractivity (Wildman–Crippen MR) is 81.3 cm³/mol. The molecule has 0 bridgehead atoms. The highest BCUT2D eigenvalue weighted by Gasteiger charge is 2.02. The molecule has 0 saturated heterocycles. The van der Waals surface area contributed by atoms with Crippen molar-refractivity contribution in [2.45, 2.75) is 25.8 Å². The van der Waals surface area contributed by atoms with E-state index < -0.39 is 0 Å². The van der Waals surface area contributed by atoms with Crippen LogP contribution >= 0.6 is 0 Å². The minimum absolute atomic E-state index is 0.165. The van der Waals surface area contributed by atoms with E-state index in [2.05, 4.69) is 28.8 Å². The fourth-order valence-corrected chi connectivity index (χ4v) is 2.61. The second-order valence-corrected chi connectivity index (χ2v) is 5.15. The van der Waals surface area contributed by atoms with Gasteiger partial charge in [0.05, 0.1) is 5.52 Å². The second kappa shape index (κ2) is 5.91. The number of aromatic nitrogens is 1. The van der Waals surface area contributed by atoms with Gasteiger partial charge in [-0.15, -0.1) is 0 Å². The molecule has 0 unspecified atom stereocenters. The van der Waals surface area contributed by atoms with E-state index in [9.17, 15) is 4.39 Å². The van der Waals surface area contributed by atoms with Crippen LogP contribution in [0.15, 0.2) is 60.8 Å². The summed E-state index contributed by atoms with van der Waals surface area (Å²) in [5, 5.41) is 1.11. The van der Waals surface area contributed by atoms with E-state index in [0.29, 0.717) is 0 Å². The number of unbranched alkanes of at least 4 members (excludes halogenated alkanes) is 1. The lowest BCUT2D eigenvalue weighted by Gasteiger charge is -2.06. The molecule has 0 aliphatic heterocycles. The van der Waals surface area contributed by atoms with Crippen molar-refractivity contribution in [1.82, 2.24) is 4.57 Å². The van der Waals surface area contributed by atoms with E-state index in [0.717, 1.165) is 36.7 Å². The standard InChI is InChI=1S/C18H18FN/c19-17-10-9-16-11-13-20(18(16)14-17)12-5-4-8-15-6-2-1-3-7-15/h1-3,6-7,9-11,13-14H,4-5,8,12H2. The molecule has 20 heavy (non-hydrogen) atoms. The zero-order chi connectivity index (χ0) is 13.8. The maximum Gasteiger partial charge on any atom is 0.125 e. The van der Waals surface area contributed by atoms with Crippen molar-refractivity contribution in [3.63, 3.8) is 0 Å². The molecule has 0 saturated carbocycles. The first-order valence-electron chi connectivity index (χ1n) is 7.11. The number of aryl methyl sites for hydroxylation is 2. The molecule has 1 nitrogen and oxygen atoms in total. The van der Waals surface area contributed by atoms with Crippen LogP contribution in [0.25, 0.3) is 10.9 Å².